The van der Waals surface area contributed by atoms with E-state index in [1.54, 1.807) is 30.3 Å². The van der Waals surface area contributed by atoms with Crippen molar-refractivity contribution in [3.63, 3.8) is 0 Å². The number of rotatable bonds is 3. The van der Waals surface area contributed by atoms with E-state index in [4.69, 9.17) is 8.42 Å². The summed E-state index contributed by atoms with van der Waals surface area (Å²) in [4.78, 5) is 22.1. The van der Waals surface area contributed by atoms with Crippen LogP contribution in [0.5, 0.6) is 0 Å². The van der Waals surface area contributed by atoms with Gasteiger partial charge >= 0.3 is 8.26 Å². The summed E-state index contributed by atoms with van der Waals surface area (Å²) in [5, 5.41) is 10.6. The maximum Gasteiger partial charge on any atom is 0.317 e. The number of nitro benzene ring substituents is 1. The van der Waals surface area contributed by atoms with E-state index in [1.165, 1.54) is 18.2 Å². The van der Waals surface area contributed by atoms with E-state index in [2.05, 4.69) is 21.4 Å². The Bertz CT molecular complexity index is 771. The van der Waals surface area contributed by atoms with Crippen LogP contribution >= 0.6 is 21.4 Å². The highest BCUT2D eigenvalue weighted by Crippen LogP contribution is 2.16. The quantitative estimate of drug-likeness (QED) is 0.346. The van der Waals surface area contributed by atoms with Crippen LogP contribution in [0.4, 0.5) is 5.69 Å². The largest absolute Gasteiger partial charge is 0.317 e. The lowest BCUT2D eigenvalue weighted by Crippen LogP contribution is -2.01. The molecule has 9 heteroatoms. The van der Waals surface area contributed by atoms with Crippen LogP contribution in [0.2, 0.25) is 0 Å². The second-order valence-electron chi connectivity index (χ2n) is 3.88. The summed E-state index contributed by atoms with van der Waals surface area (Å²) >= 11 is 0. The first-order valence-electron chi connectivity index (χ1n) is 5.67. The zero-order valence-electron chi connectivity index (χ0n) is 10.8. The summed E-state index contributed by atoms with van der Waals surface area (Å²) in [5.74, 6) is -0.214. The Balaban J connectivity index is 0.000000709. The molecule has 0 aromatic heterocycles. The number of halogens is 2. The van der Waals surface area contributed by atoms with Crippen LogP contribution in [0.1, 0.15) is 23.3 Å². The van der Waals surface area contributed by atoms with Crippen LogP contribution in [0, 0.1) is 10.1 Å². The van der Waals surface area contributed by atoms with Crippen molar-refractivity contribution in [3.05, 3.63) is 75.8 Å². The molecule has 2 aromatic carbocycles. The van der Waals surface area contributed by atoms with Gasteiger partial charge in [0.05, 0.1) is 4.92 Å². The van der Waals surface area contributed by atoms with Gasteiger partial charge in [-0.05, 0) is 0 Å². The van der Waals surface area contributed by atoms with E-state index in [1.807, 2.05) is 6.07 Å². The normalized spacial score (nSPS) is 9.83. The number of carbonyl (C=O) groups is 1. The molecule has 23 heavy (non-hydrogen) atoms. The van der Waals surface area contributed by atoms with E-state index < -0.39 is 13.2 Å². The van der Waals surface area contributed by atoms with E-state index in [0.717, 1.165) is 0 Å². The first kappa shape index (κ1) is 21.0. The summed E-state index contributed by atoms with van der Waals surface area (Å²) in [7, 11) is 4.81. The molecule has 6 nitrogen and oxygen atoms in total. The van der Waals surface area contributed by atoms with Gasteiger partial charge in [-0.25, -0.2) is 0 Å². The van der Waals surface area contributed by atoms with Gasteiger partial charge in [0.1, 0.15) is 0 Å². The van der Waals surface area contributed by atoms with Crippen molar-refractivity contribution in [2.75, 3.05) is 0 Å². The predicted molar refractivity (Wildman–Crippen MR) is 90.3 cm³/mol. The summed E-state index contributed by atoms with van der Waals surface area (Å²) in [5.41, 5.74) is 0.769. The third-order valence-electron chi connectivity index (χ3n) is 2.36. The number of nitro groups is 1. The van der Waals surface area contributed by atoms with E-state index in [0.29, 0.717) is 11.1 Å². The van der Waals surface area contributed by atoms with Gasteiger partial charge in [0.15, 0.2) is 5.78 Å². The number of nitrogens with zero attached hydrogens (tertiary/aromatic N) is 1. The average molecular weight is 378 g/mol. The zero-order chi connectivity index (χ0) is 16.8. The van der Waals surface area contributed by atoms with Gasteiger partial charge < -0.3 is 0 Å². The molecule has 2 aromatic rings. The van der Waals surface area contributed by atoms with Crippen LogP contribution in [-0.4, -0.2) is 19.1 Å². The SMILES string of the molecule is C.O=C(c1ccccc1)c1cccc([N+](=O)[O-])c1.O=S(=O)(Cl)Cl. The highest BCUT2D eigenvalue weighted by Gasteiger charge is 2.12. The molecule has 124 valence electrons. The second-order valence-corrected chi connectivity index (χ2v) is 7.55. The molecule has 0 heterocycles. The highest BCUT2D eigenvalue weighted by molar-refractivity contribution is 8.31. The molecule has 0 atom stereocenters. The minimum absolute atomic E-state index is 0. The molecule has 0 spiro atoms. The standard InChI is InChI=1S/C13H9NO3.CH4.Cl2O2S/c15-13(10-5-2-1-3-6-10)11-7-4-8-12(9-11)14(16)17;;1-5(2,3)4/h1-9H;1H4;. The fourth-order valence-electron chi connectivity index (χ4n) is 1.52. The molecule has 0 N–H and O–H groups in total. The number of carbonyl (C=O) groups excluding carboxylic acids is 1. The van der Waals surface area contributed by atoms with Crippen molar-refractivity contribution in [1.29, 1.82) is 0 Å². The topological polar surface area (TPSA) is 94.3 Å². The van der Waals surface area contributed by atoms with Crippen molar-refractivity contribution in [2.24, 2.45) is 0 Å². The molecule has 0 unspecified atom stereocenters. The molecular formula is C14H13Cl2NO5S. The Labute approximate surface area is 142 Å². The molecule has 0 bridgehead atoms. The van der Waals surface area contributed by atoms with E-state index in [-0.39, 0.29) is 18.9 Å². The molecular weight excluding hydrogens is 365 g/mol. The monoisotopic (exact) mass is 377 g/mol. The Kier molecular flexibility index (Phi) is 8.45. The van der Waals surface area contributed by atoms with Gasteiger partial charge in [-0.15, -0.1) is 0 Å². The second kappa shape index (κ2) is 9.24. The molecule has 0 fully saturated rings. The lowest BCUT2D eigenvalue weighted by atomic mass is 10.0. The molecule has 0 saturated carbocycles. The van der Waals surface area contributed by atoms with Gasteiger partial charge in [0, 0.05) is 44.6 Å². The van der Waals surface area contributed by atoms with Gasteiger partial charge in [0.2, 0.25) is 0 Å². The van der Waals surface area contributed by atoms with Crippen LogP contribution in [-0.2, 0) is 8.26 Å². The van der Waals surface area contributed by atoms with Crippen LogP contribution in [0.3, 0.4) is 0 Å². The van der Waals surface area contributed by atoms with Crippen molar-refractivity contribution in [2.45, 2.75) is 7.43 Å². The third kappa shape index (κ3) is 8.29. The minimum atomic E-state index is -3.72. The number of ketones is 1. The minimum Gasteiger partial charge on any atom is -0.289 e. The Morgan fingerprint density at radius 1 is 0.957 bits per heavy atom. The Hall–Kier alpha value is -1.96. The van der Waals surface area contributed by atoms with Crippen LogP contribution < -0.4 is 0 Å². The third-order valence-corrected chi connectivity index (χ3v) is 2.36. The first-order chi connectivity index (χ1) is 10.2. The van der Waals surface area contributed by atoms with E-state index >= 15 is 0 Å². The van der Waals surface area contributed by atoms with Crippen molar-refractivity contribution in [1.82, 2.24) is 0 Å². The van der Waals surface area contributed by atoms with E-state index in [9.17, 15) is 14.9 Å². The Morgan fingerprint density at radius 2 is 1.43 bits per heavy atom. The highest BCUT2D eigenvalue weighted by atomic mass is 36.0. The summed E-state index contributed by atoms with van der Waals surface area (Å²) in [6.07, 6.45) is 0. The van der Waals surface area contributed by atoms with Gasteiger partial charge in [-0.2, -0.15) is 8.42 Å². The summed E-state index contributed by atoms with van der Waals surface area (Å²) < 4.78 is 18.3. The maximum absolute atomic E-state index is 12.0. The molecule has 0 saturated heterocycles. The van der Waals surface area contributed by atoms with Crippen LogP contribution in [0.15, 0.2) is 54.6 Å². The lowest BCUT2D eigenvalue weighted by molar-refractivity contribution is -0.384. The van der Waals surface area contributed by atoms with Crippen LogP contribution in [0.25, 0.3) is 0 Å². The van der Waals surface area contributed by atoms with Crippen molar-refractivity contribution >= 4 is 41.1 Å². The van der Waals surface area contributed by atoms with Gasteiger partial charge in [0.25, 0.3) is 5.69 Å². The first-order valence-corrected chi connectivity index (χ1v) is 8.80. The van der Waals surface area contributed by atoms with Gasteiger partial charge in [-0.3, -0.25) is 14.9 Å². The number of non-ortho nitro benzene ring substituents is 1. The Morgan fingerprint density at radius 3 is 1.91 bits per heavy atom. The average Bonchev–Trinajstić information content (AvgIpc) is 2.46. The number of hydrogen-bond acceptors (Lipinski definition) is 5. The molecule has 0 aliphatic carbocycles. The summed E-state index contributed by atoms with van der Waals surface area (Å²) in [6.45, 7) is 0. The molecule has 2 rings (SSSR count). The van der Waals surface area contributed by atoms with Crippen molar-refractivity contribution in [3.8, 4) is 0 Å². The maximum atomic E-state index is 12.0. The smallest absolute Gasteiger partial charge is 0.289 e. The molecule has 0 aliphatic heterocycles. The fraction of sp³-hybridized carbons (Fsp3) is 0.0714. The summed E-state index contributed by atoms with van der Waals surface area (Å²) in [6, 6.07) is 14.4. The van der Waals surface area contributed by atoms with Crippen molar-refractivity contribution < 1.29 is 18.1 Å². The zero-order valence-corrected chi connectivity index (χ0v) is 13.2. The molecule has 0 aliphatic rings. The lowest BCUT2D eigenvalue weighted by Gasteiger charge is -2.00. The fourth-order valence-corrected chi connectivity index (χ4v) is 1.52. The number of hydrogen-bond donors (Lipinski definition) is 0. The predicted octanol–water partition coefficient (Wildman–Crippen LogP) is 4.17. The van der Waals surface area contributed by atoms with Gasteiger partial charge in [-0.1, -0.05) is 49.9 Å². The molecule has 0 radical (unpaired) electrons. The number of benzene rings is 2. The molecule has 0 amide bonds.